The maximum atomic E-state index is 5.89. The summed E-state index contributed by atoms with van der Waals surface area (Å²) in [5, 5.41) is 8.23. The summed E-state index contributed by atoms with van der Waals surface area (Å²) in [6.45, 7) is 0.500. The second kappa shape index (κ2) is 11.1. The Bertz CT molecular complexity index is 925. The standard InChI is InChI=1S/C18H20N5OS.2BrH/c1-22-15(12-23-10-4-3-5-17(22)23)13-24-16-8-6-14(7-9-16)11-20-21-18(19)25-2;;/h3-12H,13H2,1-2H3,(H2,19,21);2*1H/q+1;;/p-1/b20-11+;;. The molecule has 144 valence electrons. The van der Waals surface area contributed by atoms with Gasteiger partial charge in [0.25, 0.3) is 5.65 Å². The Morgan fingerprint density at radius 1 is 1.26 bits per heavy atom. The lowest BCUT2D eigenvalue weighted by molar-refractivity contribution is -0.511. The summed E-state index contributed by atoms with van der Waals surface area (Å²) >= 11 is 1.36. The van der Waals surface area contributed by atoms with Crippen molar-refractivity contribution in [3.63, 3.8) is 0 Å². The van der Waals surface area contributed by atoms with Crippen molar-refractivity contribution in [3.05, 3.63) is 66.1 Å². The van der Waals surface area contributed by atoms with Crippen molar-refractivity contribution in [3.8, 4) is 5.75 Å². The number of hydrogen-bond acceptors (Lipinski definition) is 4. The number of rotatable bonds is 5. The molecule has 0 saturated heterocycles. The first-order valence-corrected chi connectivity index (χ1v) is 8.98. The smallest absolute Gasteiger partial charge is 0.286 e. The van der Waals surface area contributed by atoms with Crippen LogP contribution in [0.25, 0.3) is 5.65 Å². The number of thioether (sulfide) groups is 1. The number of hydrogen-bond donors (Lipinski definition) is 1. The molecule has 0 amide bonds. The first-order valence-electron chi connectivity index (χ1n) is 7.75. The highest BCUT2D eigenvalue weighted by Crippen LogP contribution is 2.14. The van der Waals surface area contributed by atoms with E-state index >= 15 is 0 Å². The van der Waals surface area contributed by atoms with Gasteiger partial charge in [-0.3, -0.25) is 0 Å². The van der Waals surface area contributed by atoms with Crippen LogP contribution in [0.3, 0.4) is 0 Å². The first-order chi connectivity index (χ1) is 12.2. The Labute approximate surface area is 183 Å². The van der Waals surface area contributed by atoms with Gasteiger partial charge in [-0.1, -0.05) is 17.8 Å². The number of nitrogens with two attached hydrogens (primary N) is 1. The van der Waals surface area contributed by atoms with Crippen LogP contribution in [0.2, 0.25) is 0 Å². The topological polar surface area (TPSA) is 69.0 Å². The molecule has 27 heavy (non-hydrogen) atoms. The molecule has 0 bridgehead atoms. The van der Waals surface area contributed by atoms with Gasteiger partial charge >= 0.3 is 0 Å². The van der Waals surface area contributed by atoms with Gasteiger partial charge < -0.3 is 27.5 Å². The van der Waals surface area contributed by atoms with Gasteiger partial charge in [-0.25, -0.2) is 8.97 Å². The van der Waals surface area contributed by atoms with Crippen molar-refractivity contribution in [2.24, 2.45) is 23.0 Å². The van der Waals surface area contributed by atoms with Gasteiger partial charge in [0, 0.05) is 6.07 Å². The van der Waals surface area contributed by atoms with Crippen molar-refractivity contribution in [2.75, 3.05) is 6.26 Å². The third kappa shape index (κ3) is 6.08. The Morgan fingerprint density at radius 3 is 2.67 bits per heavy atom. The van der Waals surface area contributed by atoms with E-state index in [2.05, 4.69) is 31.4 Å². The first kappa shape index (κ1) is 23.2. The van der Waals surface area contributed by atoms with Crippen LogP contribution < -0.4 is 31.9 Å². The van der Waals surface area contributed by atoms with Crippen molar-refractivity contribution in [2.45, 2.75) is 6.61 Å². The molecule has 0 unspecified atom stereocenters. The monoisotopic (exact) mass is 513 g/mol. The largest absolute Gasteiger partial charge is 1.00 e. The normalized spacial score (nSPS) is 11.3. The number of halogens is 2. The highest BCUT2D eigenvalue weighted by molar-refractivity contribution is 8.93. The molecule has 0 saturated carbocycles. The van der Waals surface area contributed by atoms with Crippen LogP contribution in [-0.2, 0) is 13.7 Å². The average Bonchev–Trinajstić information content (AvgIpc) is 2.97. The second-order valence-electron chi connectivity index (χ2n) is 5.39. The summed E-state index contributed by atoms with van der Waals surface area (Å²) in [6.07, 6.45) is 7.62. The van der Waals surface area contributed by atoms with Crippen molar-refractivity contribution in [1.82, 2.24) is 4.57 Å². The van der Waals surface area contributed by atoms with Crippen LogP contribution in [0.5, 0.6) is 5.75 Å². The SMILES string of the molecule is Br.CS/C(N)=N/N=C/c1ccc(OCc2c[n+]3ccccc3n2C)cc1.[Br-]. The van der Waals surface area contributed by atoms with E-state index in [-0.39, 0.29) is 34.0 Å². The molecular formula is C18H21Br2N5OS. The fourth-order valence-corrected chi connectivity index (χ4v) is 2.50. The number of aryl methyl sites for hydroxylation is 1. The number of fused-ring (bicyclic) bond motifs is 1. The number of benzene rings is 1. The fraction of sp³-hybridized carbons (Fsp3) is 0.167. The molecule has 0 radical (unpaired) electrons. The van der Waals surface area contributed by atoms with Gasteiger partial charge in [-0.15, -0.1) is 22.1 Å². The molecule has 0 atom stereocenters. The molecule has 2 aromatic heterocycles. The molecule has 3 rings (SSSR count). The fourth-order valence-electron chi connectivity index (χ4n) is 2.37. The summed E-state index contributed by atoms with van der Waals surface area (Å²) in [5.41, 5.74) is 8.73. The Kier molecular flexibility index (Phi) is 9.54. The molecule has 1 aromatic carbocycles. The molecule has 2 heterocycles. The molecule has 9 heteroatoms. The third-order valence-corrected chi connectivity index (χ3v) is 4.27. The van der Waals surface area contributed by atoms with Gasteiger partial charge in [0.15, 0.2) is 17.5 Å². The van der Waals surface area contributed by atoms with Gasteiger partial charge in [-0.2, -0.15) is 5.10 Å². The van der Waals surface area contributed by atoms with E-state index in [1.165, 1.54) is 11.8 Å². The van der Waals surface area contributed by atoms with E-state index < -0.39 is 0 Å². The molecule has 6 nitrogen and oxygen atoms in total. The molecule has 0 aliphatic rings. The number of aromatic nitrogens is 2. The zero-order chi connectivity index (χ0) is 17.6. The number of amidine groups is 1. The zero-order valence-corrected chi connectivity index (χ0v) is 19.1. The molecule has 2 N–H and O–H groups in total. The summed E-state index contributed by atoms with van der Waals surface area (Å²) in [6, 6.07) is 13.8. The predicted octanol–water partition coefficient (Wildman–Crippen LogP) is -0.0637. The number of imidazole rings is 1. The molecule has 0 aliphatic heterocycles. The van der Waals surface area contributed by atoms with E-state index in [4.69, 9.17) is 10.5 Å². The van der Waals surface area contributed by atoms with E-state index in [1.807, 2.05) is 55.9 Å². The predicted molar refractivity (Wildman–Crippen MR) is 112 cm³/mol. The van der Waals surface area contributed by atoms with Crippen LogP contribution >= 0.6 is 28.7 Å². The van der Waals surface area contributed by atoms with Gasteiger partial charge in [0.05, 0.1) is 19.5 Å². The van der Waals surface area contributed by atoms with Crippen LogP contribution in [-0.4, -0.2) is 22.2 Å². The second-order valence-corrected chi connectivity index (χ2v) is 6.22. The van der Waals surface area contributed by atoms with Gasteiger partial charge in [0.1, 0.15) is 11.9 Å². The molecule has 3 aromatic rings. The lowest BCUT2D eigenvalue weighted by Gasteiger charge is -2.04. The van der Waals surface area contributed by atoms with Crippen molar-refractivity contribution >= 4 is 45.8 Å². The molecular weight excluding hydrogens is 494 g/mol. The molecule has 0 fully saturated rings. The van der Waals surface area contributed by atoms with E-state index in [0.29, 0.717) is 11.8 Å². The third-order valence-electron chi connectivity index (χ3n) is 3.77. The maximum absolute atomic E-state index is 5.89. The Balaban J connectivity index is 0.00000182. The average molecular weight is 515 g/mol. The lowest BCUT2D eigenvalue weighted by Crippen LogP contribution is -3.00. The van der Waals surface area contributed by atoms with E-state index in [1.54, 1.807) is 6.21 Å². The van der Waals surface area contributed by atoms with E-state index in [0.717, 1.165) is 22.7 Å². The minimum Gasteiger partial charge on any atom is -1.00 e. The zero-order valence-electron chi connectivity index (χ0n) is 14.9. The lowest BCUT2D eigenvalue weighted by atomic mass is 10.2. The summed E-state index contributed by atoms with van der Waals surface area (Å²) in [7, 11) is 2.04. The number of ether oxygens (including phenoxy) is 1. The number of nitrogens with zero attached hydrogens (tertiary/aromatic N) is 4. The highest BCUT2D eigenvalue weighted by atomic mass is 79.9. The summed E-state index contributed by atoms with van der Waals surface area (Å²) in [5.74, 6) is 0.805. The summed E-state index contributed by atoms with van der Waals surface area (Å²) in [4.78, 5) is 0. The van der Waals surface area contributed by atoms with Gasteiger partial charge in [0.2, 0.25) is 0 Å². The molecule has 0 aliphatic carbocycles. The van der Waals surface area contributed by atoms with E-state index in [9.17, 15) is 0 Å². The highest BCUT2D eigenvalue weighted by Gasteiger charge is 2.13. The summed E-state index contributed by atoms with van der Waals surface area (Å²) < 4.78 is 10.1. The Morgan fingerprint density at radius 2 is 2.00 bits per heavy atom. The van der Waals surface area contributed by atoms with Crippen LogP contribution in [0.1, 0.15) is 11.3 Å². The number of pyridine rings is 1. The Hall–Kier alpha value is -1.84. The van der Waals surface area contributed by atoms with Gasteiger partial charge in [-0.05, 0) is 42.2 Å². The van der Waals surface area contributed by atoms with Crippen LogP contribution in [0, 0.1) is 0 Å². The van der Waals surface area contributed by atoms with Crippen LogP contribution in [0.15, 0.2) is 65.1 Å². The minimum atomic E-state index is 0. The minimum absolute atomic E-state index is 0. The van der Waals surface area contributed by atoms with Crippen molar-refractivity contribution < 1.29 is 26.1 Å². The maximum Gasteiger partial charge on any atom is 0.286 e. The van der Waals surface area contributed by atoms with Crippen molar-refractivity contribution in [1.29, 1.82) is 0 Å². The quantitative estimate of drug-likeness (QED) is 0.224. The molecule has 0 spiro atoms. The van der Waals surface area contributed by atoms with Crippen LogP contribution in [0.4, 0.5) is 0 Å².